The molecule has 2 N–H and O–H groups in total. The van der Waals surface area contributed by atoms with Crippen molar-refractivity contribution in [1.82, 2.24) is 0 Å². The first-order chi connectivity index (χ1) is 14.3. The first-order valence-corrected chi connectivity index (χ1v) is 9.82. The van der Waals surface area contributed by atoms with E-state index in [9.17, 15) is 14.4 Å². The fourth-order valence-corrected chi connectivity index (χ4v) is 2.83. The smallest absolute Gasteiger partial charge is 0.306 e. The summed E-state index contributed by atoms with van der Waals surface area (Å²) < 4.78 is 10.1. The standard InChI is InChI=1S/C22H25ClN2O5/c1-14-7-8-15(2)17(11-14)24-20(26)5-4-6-22(28)30-13-21(27)25-18-12-16(23)9-10-19(18)29-3/h7-12H,4-6,13H2,1-3H3,(H,24,26)(H,25,27). The van der Waals surface area contributed by atoms with Crippen molar-refractivity contribution in [3.05, 3.63) is 52.5 Å². The van der Waals surface area contributed by atoms with E-state index >= 15 is 0 Å². The van der Waals surface area contributed by atoms with Crippen molar-refractivity contribution < 1.29 is 23.9 Å². The van der Waals surface area contributed by atoms with Gasteiger partial charge in [-0.25, -0.2) is 0 Å². The zero-order chi connectivity index (χ0) is 22.1. The van der Waals surface area contributed by atoms with Crippen molar-refractivity contribution >= 4 is 40.8 Å². The second-order valence-corrected chi connectivity index (χ2v) is 7.21. The van der Waals surface area contributed by atoms with Gasteiger partial charge in [-0.3, -0.25) is 14.4 Å². The van der Waals surface area contributed by atoms with E-state index < -0.39 is 18.5 Å². The van der Waals surface area contributed by atoms with Gasteiger partial charge < -0.3 is 20.1 Å². The predicted molar refractivity (Wildman–Crippen MR) is 116 cm³/mol. The van der Waals surface area contributed by atoms with Gasteiger partial charge in [0.25, 0.3) is 5.91 Å². The van der Waals surface area contributed by atoms with Gasteiger partial charge in [0.2, 0.25) is 5.91 Å². The molecule has 0 aliphatic heterocycles. The highest BCUT2D eigenvalue weighted by molar-refractivity contribution is 6.31. The molecule has 8 heteroatoms. The molecule has 0 spiro atoms. The van der Waals surface area contributed by atoms with E-state index in [-0.39, 0.29) is 18.7 Å². The molecule has 0 saturated heterocycles. The molecule has 0 bridgehead atoms. The number of benzene rings is 2. The molecule has 0 radical (unpaired) electrons. The summed E-state index contributed by atoms with van der Waals surface area (Å²) in [4.78, 5) is 35.9. The Morgan fingerprint density at radius 1 is 0.933 bits per heavy atom. The average Bonchev–Trinajstić information content (AvgIpc) is 2.69. The summed E-state index contributed by atoms with van der Waals surface area (Å²) in [6.45, 7) is 3.42. The number of carbonyl (C=O) groups excluding carboxylic acids is 3. The van der Waals surface area contributed by atoms with Crippen molar-refractivity contribution in [3.63, 3.8) is 0 Å². The number of anilines is 2. The highest BCUT2D eigenvalue weighted by Gasteiger charge is 2.12. The Labute approximate surface area is 180 Å². The topological polar surface area (TPSA) is 93.7 Å². The van der Waals surface area contributed by atoms with Gasteiger partial charge in [-0.1, -0.05) is 23.7 Å². The number of methoxy groups -OCH3 is 1. The second kappa shape index (κ2) is 11.2. The minimum absolute atomic E-state index is 0.0357. The Kier molecular flexibility index (Phi) is 8.68. The molecule has 0 unspecified atom stereocenters. The molecule has 2 aromatic rings. The summed E-state index contributed by atoms with van der Waals surface area (Å²) in [5, 5.41) is 5.85. The largest absolute Gasteiger partial charge is 0.495 e. The summed E-state index contributed by atoms with van der Waals surface area (Å²) in [5.74, 6) is -0.810. The molecule has 2 rings (SSSR count). The lowest BCUT2D eigenvalue weighted by atomic mass is 10.1. The average molecular weight is 433 g/mol. The lowest BCUT2D eigenvalue weighted by Crippen LogP contribution is -2.21. The number of amides is 2. The van der Waals surface area contributed by atoms with Crippen LogP contribution in [0.25, 0.3) is 0 Å². The molecule has 0 heterocycles. The molecule has 30 heavy (non-hydrogen) atoms. The zero-order valence-corrected chi connectivity index (χ0v) is 18.0. The Morgan fingerprint density at radius 2 is 1.67 bits per heavy atom. The molecule has 0 fully saturated rings. The van der Waals surface area contributed by atoms with Crippen LogP contribution in [0.15, 0.2) is 36.4 Å². The molecule has 2 amide bonds. The van der Waals surface area contributed by atoms with E-state index in [1.54, 1.807) is 12.1 Å². The molecule has 0 aliphatic carbocycles. The van der Waals surface area contributed by atoms with Crippen LogP contribution in [0.1, 0.15) is 30.4 Å². The monoisotopic (exact) mass is 432 g/mol. The molecular formula is C22H25ClN2O5. The van der Waals surface area contributed by atoms with Crippen LogP contribution in [-0.4, -0.2) is 31.5 Å². The highest BCUT2D eigenvalue weighted by Crippen LogP contribution is 2.27. The molecule has 7 nitrogen and oxygen atoms in total. The van der Waals surface area contributed by atoms with Crippen molar-refractivity contribution in [3.8, 4) is 5.75 Å². The Morgan fingerprint density at radius 3 is 2.40 bits per heavy atom. The van der Waals surface area contributed by atoms with Crippen molar-refractivity contribution in [2.45, 2.75) is 33.1 Å². The van der Waals surface area contributed by atoms with E-state index in [1.807, 2.05) is 32.0 Å². The lowest BCUT2D eigenvalue weighted by Gasteiger charge is -2.11. The quantitative estimate of drug-likeness (QED) is 0.577. The van der Waals surface area contributed by atoms with E-state index in [4.69, 9.17) is 21.1 Å². The van der Waals surface area contributed by atoms with Gasteiger partial charge >= 0.3 is 5.97 Å². The van der Waals surface area contributed by atoms with Crippen LogP contribution < -0.4 is 15.4 Å². The van der Waals surface area contributed by atoms with E-state index in [2.05, 4.69) is 10.6 Å². The van der Waals surface area contributed by atoms with Gasteiger partial charge in [-0.05, 0) is 55.7 Å². The molecule has 0 aliphatic rings. The van der Waals surface area contributed by atoms with Gasteiger partial charge in [-0.2, -0.15) is 0 Å². The van der Waals surface area contributed by atoms with Crippen LogP contribution in [0, 0.1) is 13.8 Å². The fourth-order valence-electron chi connectivity index (χ4n) is 2.66. The zero-order valence-electron chi connectivity index (χ0n) is 17.2. The first-order valence-electron chi connectivity index (χ1n) is 9.44. The SMILES string of the molecule is COc1ccc(Cl)cc1NC(=O)COC(=O)CCCC(=O)Nc1cc(C)ccc1C. The maximum absolute atomic E-state index is 12.1. The van der Waals surface area contributed by atoms with Crippen LogP contribution in [-0.2, 0) is 19.1 Å². The van der Waals surface area contributed by atoms with Crippen LogP contribution in [0.3, 0.4) is 0 Å². The summed E-state index contributed by atoms with van der Waals surface area (Å²) in [6, 6.07) is 10.6. The summed E-state index contributed by atoms with van der Waals surface area (Å²) in [6.07, 6.45) is 0.529. The number of hydrogen-bond donors (Lipinski definition) is 2. The Hall–Kier alpha value is -3.06. The molecule has 0 saturated carbocycles. The van der Waals surface area contributed by atoms with Gasteiger partial charge in [0.05, 0.1) is 12.8 Å². The first kappa shape index (κ1) is 23.2. The molecule has 0 atom stereocenters. The summed E-state index contributed by atoms with van der Waals surface area (Å²) in [5.41, 5.74) is 3.16. The summed E-state index contributed by atoms with van der Waals surface area (Å²) in [7, 11) is 1.47. The van der Waals surface area contributed by atoms with E-state index in [0.29, 0.717) is 22.9 Å². The van der Waals surface area contributed by atoms with Crippen LogP contribution >= 0.6 is 11.6 Å². The van der Waals surface area contributed by atoms with Gasteiger partial charge in [0.15, 0.2) is 6.61 Å². The Balaban J connectivity index is 1.71. The fraction of sp³-hybridized carbons (Fsp3) is 0.318. The van der Waals surface area contributed by atoms with Crippen LogP contribution in [0.5, 0.6) is 5.75 Å². The van der Waals surface area contributed by atoms with Gasteiger partial charge in [0.1, 0.15) is 5.75 Å². The third-order valence-electron chi connectivity index (χ3n) is 4.25. The molecular weight excluding hydrogens is 408 g/mol. The number of hydrogen-bond acceptors (Lipinski definition) is 5. The number of halogens is 1. The second-order valence-electron chi connectivity index (χ2n) is 6.77. The highest BCUT2D eigenvalue weighted by atomic mass is 35.5. The van der Waals surface area contributed by atoms with Gasteiger partial charge in [-0.15, -0.1) is 0 Å². The maximum atomic E-state index is 12.1. The molecule has 0 aromatic heterocycles. The number of nitrogens with one attached hydrogen (secondary N) is 2. The van der Waals surface area contributed by atoms with Crippen molar-refractivity contribution in [1.29, 1.82) is 0 Å². The maximum Gasteiger partial charge on any atom is 0.306 e. The predicted octanol–water partition coefficient (Wildman–Crippen LogP) is 4.26. The van der Waals surface area contributed by atoms with Crippen LogP contribution in [0.4, 0.5) is 11.4 Å². The molecule has 2 aromatic carbocycles. The number of esters is 1. The number of ether oxygens (including phenoxy) is 2. The van der Waals surface area contributed by atoms with E-state index in [1.165, 1.54) is 13.2 Å². The van der Waals surface area contributed by atoms with Crippen molar-refractivity contribution in [2.24, 2.45) is 0 Å². The Bertz CT molecular complexity index is 930. The van der Waals surface area contributed by atoms with Crippen molar-refractivity contribution in [2.75, 3.05) is 24.4 Å². The number of rotatable bonds is 9. The minimum Gasteiger partial charge on any atom is -0.495 e. The third kappa shape index (κ3) is 7.40. The normalized spacial score (nSPS) is 10.3. The van der Waals surface area contributed by atoms with Gasteiger partial charge in [0, 0.05) is 23.6 Å². The van der Waals surface area contributed by atoms with Crippen LogP contribution in [0.2, 0.25) is 5.02 Å². The summed E-state index contributed by atoms with van der Waals surface area (Å²) >= 11 is 5.91. The third-order valence-corrected chi connectivity index (χ3v) is 4.49. The number of carbonyl (C=O) groups is 3. The minimum atomic E-state index is -0.553. The lowest BCUT2D eigenvalue weighted by molar-refractivity contribution is -0.147. The van der Waals surface area contributed by atoms with E-state index in [0.717, 1.165) is 16.8 Å². The number of aryl methyl sites for hydroxylation is 2. The molecule has 160 valence electrons.